The zero-order chi connectivity index (χ0) is 47.9. The number of anilines is 2. The minimum absolute atomic E-state index is 0. The van der Waals surface area contributed by atoms with Crippen molar-refractivity contribution < 1.29 is 26.4 Å². The van der Waals surface area contributed by atoms with E-state index in [-0.39, 0.29) is 52.9 Å². The molecule has 10 rings (SSSR count). The largest absolute Gasteiger partial charge is 0.398 e. The van der Waals surface area contributed by atoms with Crippen LogP contribution in [-0.4, -0.2) is 91.2 Å². The van der Waals surface area contributed by atoms with Gasteiger partial charge in [-0.2, -0.15) is 0 Å². The molecule has 2 aliphatic heterocycles. The smallest absolute Gasteiger partial charge is 0.275 e. The van der Waals surface area contributed by atoms with E-state index < -0.39 is 19.1 Å². The van der Waals surface area contributed by atoms with Crippen molar-refractivity contribution in [3.05, 3.63) is 126 Å². The molecule has 4 aliphatic rings. The van der Waals surface area contributed by atoms with Gasteiger partial charge in [-0.05, 0) is 116 Å². The van der Waals surface area contributed by atoms with Gasteiger partial charge in [-0.3, -0.25) is 34.1 Å². The monoisotopic (exact) mass is 990 g/mol. The van der Waals surface area contributed by atoms with Crippen LogP contribution in [0.3, 0.4) is 0 Å². The first-order chi connectivity index (χ1) is 31.8. The van der Waals surface area contributed by atoms with Crippen LogP contribution >= 0.6 is 10.7 Å². The van der Waals surface area contributed by atoms with Crippen LogP contribution in [0, 0.1) is 27.7 Å². The predicted molar refractivity (Wildman–Crippen MR) is 263 cm³/mol. The van der Waals surface area contributed by atoms with Gasteiger partial charge in [0.25, 0.3) is 22.9 Å². The van der Waals surface area contributed by atoms with E-state index in [1.54, 1.807) is 62.1 Å². The van der Waals surface area contributed by atoms with Crippen molar-refractivity contribution in [2.24, 2.45) is 0 Å². The number of fused-ring (bicyclic) bond motifs is 2. The Bertz CT molecular complexity index is 3230. The average molecular weight is 992 g/mol. The van der Waals surface area contributed by atoms with Gasteiger partial charge in [-0.25, -0.2) is 35.8 Å². The van der Waals surface area contributed by atoms with Gasteiger partial charge >= 0.3 is 0 Å². The number of halogens is 1. The van der Waals surface area contributed by atoms with Crippen molar-refractivity contribution >= 4 is 64.2 Å². The Morgan fingerprint density at radius 1 is 0.662 bits per heavy atom. The highest BCUT2D eigenvalue weighted by molar-refractivity contribution is 8.14. The number of nitrogens with one attached hydrogen (secondary N) is 3. The van der Waals surface area contributed by atoms with E-state index >= 15 is 0 Å². The number of amides is 2. The molecular weight excluding hydrogens is 932 g/mol. The third-order valence-electron chi connectivity index (χ3n) is 12.9. The number of carbonyl (C=O) groups excluding carboxylic acids is 2. The number of hydrogen-bond donors (Lipinski definition) is 4. The molecule has 18 nitrogen and oxygen atoms in total. The van der Waals surface area contributed by atoms with E-state index in [2.05, 4.69) is 24.9 Å². The molecule has 2 saturated heterocycles. The molecule has 0 spiro atoms. The van der Waals surface area contributed by atoms with Crippen LogP contribution in [0.15, 0.2) is 70.3 Å². The van der Waals surface area contributed by atoms with Crippen LogP contribution in [0.25, 0.3) is 11.3 Å². The number of rotatable bonds is 8. The van der Waals surface area contributed by atoms with Gasteiger partial charge in [-0.1, -0.05) is 31.7 Å². The standard InChI is InChI=1S/C23H27N5O4S.C20H23N5O2.C3H5ClO2S.CH4/c1-14-15(2)24-21-13-19(25-28(21)22(14)29)20-9-5-6-12-27(20)23(30)17-7-3-4-8-18(17)26-33(31,32)16-10-11-16;1-12-13(2)22-18-11-16(23-25(18)19(12)26)17-9-5-6-10-24(17)20(27)14-7-3-4-8-15(14)21;4-7(5,6)3-1-2-3;/h3-4,7-8,13,16,20,25-26H,5-6,9-12H2,1-2H3;3-4,7-8,11,17,23H,5-6,9-10,21H2,1-2H3;3H,1-2H2;1H4/t20-;17-;;/m00../s1. The summed E-state index contributed by atoms with van der Waals surface area (Å²) in [5.74, 6) is -0.316. The third-order valence-corrected chi connectivity index (χ3v) is 16.8. The van der Waals surface area contributed by atoms with E-state index in [1.807, 2.05) is 36.1 Å². The second kappa shape index (κ2) is 19.9. The Hall–Kier alpha value is -5.99. The minimum atomic E-state index is -3.50. The van der Waals surface area contributed by atoms with Gasteiger partial charge in [0.1, 0.15) is 0 Å². The summed E-state index contributed by atoms with van der Waals surface area (Å²) in [6.45, 7) is 8.36. The number of H-pyrrole nitrogens is 2. The molecule has 4 fully saturated rings. The van der Waals surface area contributed by atoms with Crippen LogP contribution in [-0.2, 0) is 19.1 Å². The minimum Gasteiger partial charge on any atom is -0.398 e. The molecular formula is C47H59ClN10O8S2. The quantitative estimate of drug-likeness (QED) is 0.0907. The summed E-state index contributed by atoms with van der Waals surface area (Å²) < 4.78 is 50.8. The number of hydrogen-bond acceptors (Lipinski definition) is 11. The van der Waals surface area contributed by atoms with Crippen molar-refractivity contribution in [3.8, 4) is 0 Å². The second-order valence-corrected chi connectivity index (χ2v) is 22.6. The molecule has 21 heteroatoms. The molecule has 68 heavy (non-hydrogen) atoms. The first-order valence-electron chi connectivity index (χ1n) is 22.5. The van der Waals surface area contributed by atoms with E-state index in [1.165, 1.54) is 9.03 Å². The lowest BCUT2D eigenvalue weighted by molar-refractivity contribution is 0.0600. The lowest BCUT2D eigenvalue weighted by atomic mass is 9.98. The lowest BCUT2D eigenvalue weighted by Crippen LogP contribution is -2.39. The molecule has 2 aromatic carbocycles. The number of nitrogens with two attached hydrogens (primary N) is 1. The number of nitrogens with zero attached hydrogens (tertiary/aromatic N) is 6. The SMILES string of the molecule is C.Cc1nc2cc([C@@H]3CCCCN3C(=O)c3ccccc3N)[nH]n2c(=O)c1C.Cc1nc2cc([C@@H]3CCCCN3C(=O)c3ccccc3NS(=O)(=O)C3CC3)[nH]n2c(=O)c1C.O=S(=O)(Cl)C1CC1. The van der Waals surface area contributed by atoms with Gasteiger partial charge in [-0.15, -0.1) is 0 Å². The number of carbonyl (C=O) groups is 2. The summed E-state index contributed by atoms with van der Waals surface area (Å²) in [6.07, 6.45) is 8.14. The maximum Gasteiger partial charge on any atom is 0.275 e. The maximum atomic E-state index is 13.7. The highest BCUT2D eigenvalue weighted by Gasteiger charge is 2.38. The molecule has 6 heterocycles. The number of likely N-dealkylation sites (tertiary alicyclic amines) is 2. The number of aromatic nitrogens is 6. The van der Waals surface area contributed by atoms with Crippen LogP contribution in [0.5, 0.6) is 0 Å². The van der Waals surface area contributed by atoms with Crippen LogP contribution < -0.4 is 21.6 Å². The maximum absolute atomic E-state index is 13.7. The second-order valence-electron chi connectivity index (χ2n) is 17.7. The number of piperidine rings is 2. The Kier molecular flexibility index (Phi) is 14.6. The zero-order valence-corrected chi connectivity index (χ0v) is 40.2. The molecule has 2 aliphatic carbocycles. The molecule has 364 valence electrons. The molecule has 2 atom stereocenters. The summed E-state index contributed by atoms with van der Waals surface area (Å²) in [7, 11) is -1.75. The van der Waals surface area contributed by atoms with Crippen molar-refractivity contribution in [3.63, 3.8) is 0 Å². The molecule has 6 aromatic rings. The highest BCUT2D eigenvalue weighted by Crippen LogP contribution is 2.36. The van der Waals surface area contributed by atoms with E-state index in [0.717, 1.165) is 68.4 Å². The molecule has 4 aromatic heterocycles. The number of aromatic amines is 2. The van der Waals surface area contributed by atoms with Crippen molar-refractivity contribution in [1.82, 2.24) is 39.0 Å². The fourth-order valence-corrected chi connectivity index (χ4v) is 11.2. The van der Waals surface area contributed by atoms with Gasteiger partial charge < -0.3 is 15.5 Å². The number of sulfonamides is 1. The van der Waals surface area contributed by atoms with E-state index in [9.17, 15) is 36.0 Å². The number of benzene rings is 2. The fraction of sp³-hybridized carbons (Fsp3) is 0.447. The fourth-order valence-electron chi connectivity index (χ4n) is 8.54. The molecule has 2 amide bonds. The number of nitrogen functional groups attached to an aromatic ring is 1. The Morgan fingerprint density at radius 2 is 1.10 bits per heavy atom. The van der Waals surface area contributed by atoms with Crippen molar-refractivity contribution in [2.45, 2.75) is 122 Å². The number of para-hydroxylation sites is 2. The normalized spacial score (nSPS) is 18.5. The average Bonchev–Trinajstić information content (AvgIpc) is 4.26. The number of aryl methyl sites for hydroxylation is 2. The Morgan fingerprint density at radius 3 is 1.54 bits per heavy atom. The van der Waals surface area contributed by atoms with Crippen LogP contribution in [0.2, 0.25) is 0 Å². The van der Waals surface area contributed by atoms with Crippen LogP contribution in [0.1, 0.15) is 138 Å². The van der Waals surface area contributed by atoms with E-state index in [0.29, 0.717) is 76.5 Å². The van der Waals surface area contributed by atoms with Crippen molar-refractivity contribution in [1.29, 1.82) is 0 Å². The van der Waals surface area contributed by atoms with E-state index in [4.69, 9.17) is 16.4 Å². The van der Waals surface area contributed by atoms with Crippen LogP contribution in [0.4, 0.5) is 11.4 Å². The summed E-state index contributed by atoms with van der Waals surface area (Å²) in [4.78, 5) is 64.6. The summed E-state index contributed by atoms with van der Waals surface area (Å²) >= 11 is 0. The van der Waals surface area contributed by atoms with Gasteiger partial charge in [0, 0.05) is 64.1 Å². The summed E-state index contributed by atoms with van der Waals surface area (Å²) in [5.41, 5.74) is 12.7. The van der Waals surface area contributed by atoms with Gasteiger partial charge in [0.05, 0.1) is 50.8 Å². The zero-order valence-electron chi connectivity index (χ0n) is 37.8. The van der Waals surface area contributed by atoms with Gasteiger partial charge in [0.15, 0.2) is 11.3 Å². The summed E-state index contributed by atoms with van der Waals surface area (Å²) in [6, 6.07) is 17.2. The van der Waals surface area contributed by atoms with Gasteiger partial charge in [0.2, 0.25) is 19.1 Å². The molecule has 2 saturated carbocycles. The Balaban J connectivity index is 0.000000176. The van der Waals surface area contributed by atoms with Crippen molar-refractivity contribution in [2.75, 3.05) is 23.5 Å². The third kappa shape index (κ3) is 10.5. The predicted octanol–water partition coefficient (Wildman–Crippen LogP) is 6.85. The molecule has 0 unspecified atom stereocenters. The molecule has 0 bridgehead atoms. The summed E-state index contributed by atoms with van der Waals surface area (Å²) in [5, 5.41) is 5.72. The molecule has 0 radical (unpaired) electrons. The molecule has 5 N–H and O–H groups in total. The first kappa shape index (κ1) is 49.9. The first-order valence-corrected chi connectivity index (χ1v) is 26.4. The lowest BCUT2D eigenvalue weighted by Gasteiger charge is -2.35. The Labute approximate surface area is 399 Å². The topological polar surface area (TPSA) is 247 Å². The highest BCUT2D eigenvalue weighted by atomic mass is 35.7.